The quantitative estimate of drug-likeness (QED) is 0.424. The summed E-state index contributed by atoms with van der Waals surface area (Å²) in [5, 5.41) is 6.05. The Labute approximate surface area is 229 Å². The average molecular weight is 534 g/mol. The number of fused-ring (bicyclic) bond motifs is 1. The minimum atomic E-state index is -0.268. The van der Waals surface area contributed by atoms with Gasteiger partial charge in [-0.3, -0.25) is 24.8 Å². The molecule has 1 aliphatic heterocycles. The van der Waals surface area contributed by atoms with Gasteiger partial charge in [-0.2, -0.15) is 0 Å². The Morgan fingerprint density at radius 3 is 2.62 bits per heavy atom. The first-order chi connectivity index (χ1) is 19.0. The summed E-state index contributed by atoms with van der Waals surface area (Å²) in [6.45, 7) is 7.68. The van der Waals surface area contributed by atoms with Crippen molar-refractivity contribution in [3.63, 3.8) is 0 Å². The van der Waals surface area contributed by atoms with Crippen LogP contribution in [-0.4, -0.2) is 68.5 Å². The molecule has 2 amide bonds. The molecule has 5 rings (SSSR count). The highest BCUT2D eigenvalue weighted by atomic mass is 16.5. The summed E-state index contributed by atoms with van der Waals surface area (Å²) in [5.41, 5.74) is 2.03. The van der Waals surface area contributed by atoms with Gasteiger partial charge in [0.15, 0.2) is 0 Å². The van der Waals surface area contributed by atoms with Crippen molar-refractivity contribution < 1.29 is 14.3 Å². The molecule has 0 radical (unpaired) electrons. The van der Waals surface area contributed by atoms with Crippen molar-refractivity contribution in [3.8, 4) is 5.88 Å². The third-order valence-electron chi connectivity index (χ3n) is 7.67. The van der Waals surface area contributed by atoms with Gasteiger partial charge < -0.3 is 14.6 Å². The molecule has 3 aromatic heterocycles. The Bertz CT molecular complexity index is 1260. The summed E-state index contributed by atoms with van der Waals surface area (Å²) in [5.74, 6) is 0.882. The number of amides is 2. The molecule has 0 bridgehead atoms. The van der Waals surface area contributed by atoms with Crippen molar-refractivity contribution in [2.24, 2.45) is 5.92 Å². The van der Waals surface area contributed by atoms with Crippen LogP contribution in [0.4, 0.5) is 5.95 Å². The minimum Gasteiger partial charge on any atom is -0.476 e. The number of carbonyl (C=O) groups excluding carboxylic acids is 2. The number of piperidine rings is 1. The summed E-state index contributed by atoms with van der Waals surface area (Å²) in [4.78, 5) is 41.4. The van der Waals surface area contributed by atoms with Crippen molar-refractivity contribution in [1.29, 1.82) is 0 Å². The normalized spacial score (nSPS) is 20.2. The first-order valence-electron chi connectivity index (χ1n) is 14.2. The Kier molecular flexibility index (Phi) is 8.71. The van der Waals surface area contributed by atoms with Crippen LogP contribution in [0.3, 0.4) is 0 Å². The van der Waals surface area contributed by atoms with Gasteiger partial charge in [0, 0.05) is 43.0 Å². The van der Waals surface area contributed by atoms with Gasteiger partial charge in [0.25, 0.3) is 5.91 Å². The number of likely N-dealkylation sites (tertiary alicyclic amines) is 1. The van der Waals surface area contributed by atoms with Crippen LogP contribution in [0, 0.1) is 5.92 Å². The van der Waals surface area contributed by atoms with Crippen LogP contribution in [0.2, 0.25) is 0 Å². The first kappa shape index (κ1) is 27.1. The van der Waals surface area contributed by atoms with Gasteiger partial charge in [0.05, 0.1) is 17.3 Å². The maximum absolute atomic E-state index is 13.0. The molecule has 2 fully saturated rings. The first-order valence-corrected chi connectivity index (χ1v) is 14.2. The summed E-state index contributed by atoms with van der Waals surface area (Å²) in [6.07, 6.45) is 11.9. The minimum absolute atomic E-state index is 0.00205. The predicted octanol–water partition coefficient (Wildman–Crippen LogP) is 4.20. The third-order valence-corrected chi connectivity index (χ3v) is 7.67. The number of rotatable bonds is 9. The summed E-state index contributed by atoms with van der Waals surface area (Å²) in [7, 11) is 0. The van der Waals surface area contributed by atoms with E-state index in [1.54, 1.807) is 24.5 Å². The van der Waals surface area contributed by atoms with E-state index < -0.39 is 0 Å². The molecule has 1 saturated heterocycles. The topological polar surface area (TPSA) is 114 Å². The Morgan fingerprint density at radius 2 is 1.90 bits per heavy atom. The highest BCUT2D eigenvalue weighted by Crippen LogP contribution is 2.37. The van der Waals surface area contributed by atoms with Crippen molar-refractivity contribution in [2.75, 3.05) is 31.6 Å². The lowest BCUT2D eigenvalue weighted by Crippen LogP contribution is -2.37. The zero-order chi connectivity index (χ0) is 27.2. The molecule has 10 nitrogen and oxygen atoms in total. The Hall–Kier alpha value is -3.53. The standard InChI is InChI=1S/C29H39N7O3/c1-20(2)32-27(37)21-8-10-23(11-9-21)36-25-17-26(39-16-15-35-13-4-3-5-14-35)31-19-24(25)33-29(36)34-28(38)22-7-6-12-30-18-22/h6-7,12,17-21,23H,3-5,8-11,13-16H2,1-2H3,(H,32,37)(H,33,34,38). The largest absolute Gasteiger partial charge is 0.476 e. The second-order valence-electron chi connectivity index (χ2n) is 10.9. The number of aromatic nitrogens is 4. The fourth-order valence-corrected chi connectivity index (χ4v) is 5.65. The van der Waals surface area contributed by atoms with Gasteiger partial charge in [-0.25, -0.2) is 9.97 Å². The van der Waals surface area contributed by atoms with E-state index in [0.717, 1.165) is 50.8 Å². The van der Waals surface area contributed by atoms with Crippen LogP contribution in [0.15, 0.2) is 36.8 Å². The lowest BCUT2D eigenvalue weighted by Gasteiger charge is -2.30. The highest BCUT2D eigenvalue weighted by molar-refractivity contribution is 6.03. The Balaban J connectivity index is 1.36. The van der Waals surface area contributed by atoms with Crippen LogP contribution in [-0.2, 0) is 4.79 Å². The van der Waals surface area contributed by atoms with Gasteiger partial charge in [-0.15, -0.1) is 0 Å². The lowest BCUT2D eigenvalue weighted by atomic mass is 9.85. The van der Waals surface area contributed by atoms with Crippen LogP contribution in [0.25, 0.3) is 11.0 Å². The fourth-order valence-electron chi connectivity index (χ4n) is 5.65. The Morgan fingerprint density at radius 1 is 1.10 bits per heavy atom. The summed E-state index contributed by atoms with van der Waals surface area (Å²) < 4.78 is 8.16. The molecule has 1 saturated carbocycles. The molecule has 10 heteroatoms. The van der Waals surface area contributed by atoms with E-state index in [1.165, 1.54) is 25.5 Å². The van der Waals surface area contributed by atoms with Gasteiger partial charge in [-0.1, -0.05) is 6.42 Å². The molecule has 208 valence electrons. The number of nitrogens with one attached hydrogen (secondary N) is 2. The molecule has 0 atom stereocenters. The molecular formula is C29H39N7O3. The van der Waals surface area contributed by atoms with E-state index >= 15 is 0 Å². The molecule has 1 aliphatic carbocycles. The van der Waals surface area contributed by atoms with E-state index in [1.807, 2.05) is 19.9 Å². The molecule has 4 heterocycles. The van der Waals surface area contributed by atoms with Crippen LogP contribution < -0.4 is 15.4 Å². The zero-order valence-electron chi connectivity index (χ0n) is 22.9. The molecule has 0 aromatic carbocycles. The van der Waals surface area contributed by atoms with Crippen molar-refractivity contribution in [1.82, 2.24) is 29.7 Å². The van der Waals surface area contributed by atoms with Gasteiger partial charge in [0.2, 0.25) is 17.7 Å². The van der Waals surface area contributed by atoms with Gasteiger partial charge in [-0.05, 0) is 77.6 Å². The van der Waals surface area contributed by atoms with Crippen LogP contribution >= 0.6 is 0 Å². The lowest BCUT2D eigenvalue weighted by molar-refractivity contribution is -0.126. The smallest absolute Gasteiger partial charge is 0.259 e. The number of imidazole rings is 1. The number of carbonyl (C=O) groups is 2. The molecular weight excluding hydrogens is 494 g/mol. The number of hydrogen-bond acceptors (Lipinski definition) is 7. The maximum atomic E-state index is 13.0. The second kappa shape index (κ2) is 12.5. The third kappa shape index (κ3) is 6.73. The molecule has 0 unspecified atom stereocenters. The highest BCUT2D eigenvalue weighted by Gasteiger charge is 2.30. The fraction of sp³-hybridized carbons (Fsp3) is 0.552. The molecule has 0 spiro atoms. The van der Waals surface area contributed by atoms with Crippen LogP contribution in [0.1, 0.15) is 75.2 Å². The van der Waals surface area contributed by atoms with Crippen molar-refractivity contribution in [2.45, 2.75) is 70.9 Å². The van der Waals surface area contributed by atoms with E-state index in [-0.39, 0.29) is 29.8 Å². The van der Waals surface area contributed by atoms with Crippen molar-refractivity contribution >= 4 is 28.8 Å². The maximum Gasteiger partial charge on any atom is 0.259 e. The summed E-state index contributed by atoms with van der Waals surface area (Å²) in [6, 6.07) is 5.60. The molecule has 2 aliphatic rings. The average Bonchev–Trinajstić information content (AvgIpc) is 3.30. The van der Waals surface area contributed by atoms with Crippen LogP contribution in [0.5, 0.6) is 5.88 Å². The number of nitrogens with zero attached hydrogens (tertiary/aromatic N) is 5. The number of anilines is 1. The number of pyridine rings is 2. The van der Waals surface area contributed by atoms with E-state index in [4.69, 9.17) is 9.72 Å². The summed E-state index contributed by atoms with van der Waals surface area (Å²) >= 11 is 0. The van der Waals surface area contributed by atoms with Gasteiger partial charge in [0.1, 0.15) is 12.1 Å². The zero-order valence-corrected chi connectivity index (χ0v) is 22.9. The molecule has 39 heavy (non-hydrogen) atoms. The molecule has 3 aromatic rings. The predicted molar refractivity (Wildman–Crippen MR) is 150 cm³/mol. The number of ether oxygens (including phenoxy) is 1. The monoisotopic (exact) mass is 533 g/mol. The van der Waals surface area contributed by atoms with E-state index in [0.29, 0.717) is 29.5 Å². The second-order valence-corrected chi connectivity index (χ2v) is 10.9. The molecule has 2 N–H and O–H groups in total. The van der Waals surface area contributed by atoms with Gasteiger partial charge >= 0.3 is 0 Å². The van der Waals surface area contributed by atoms with E-state index in [9.17, 15) is 9.59 Å². The SMILES string of the molecule is CC(C)NC(=O)C1CCC(n2c(NC(=O)c3cccnc3)nc3cnc(OCCN4CCCCC4)cc32)CC1. The van der Waals surface area contributed by atoms with E-state index in [2.05, 4.69) is 30.1 Å². The van der Waals surface area contributed by atoms with Crippen molar-refractivity contribution in [3.05, 3.63) is 42.4 Å². The number of hydrogen-bond donors (Lipinski definition) is 2.